The van der Waals surface area contributed by atoms with Crippen molar-refractivity contribution < 1.29 is 63.1 Å². The Labute approximate surface area is 123 Å². The Bertz CT molecular complexity index is 289. The van der Waals surface area contributed by atoms with Crippen LogP contribution in [0.25, 0.3) is 10.8 Å². The van der Waals surface area contributed by atoms with Gasteiger partial charge in [-0.2, -0.15) is 17.5 Å². The third-order valence-electron chi connectivity index (χ3n) is 1.55. The van der Waals surface area contributed by atoms with Crippen molar-refractivity contribution >= 4 is 10.8 Å². The molecular weight excluding hydrogens is 405 g/mol. The first-order valence-electron chi connectivity index (χ1n) is 3.07. The topological polar surface area (TPSA) is 0 Å². The van der Waals surface area contributed by atoms with Gasteiger partial charge in [-0.15, -0.1) is 29.7 Å². The predicted octanol–water partition coefficient (Wildman–Crippen LogP) is -5.98. The van der Waals surface area contributed by atoms with Crippen molar-refractivity contribution in [1.82, 2.24) is 0 Å². The molecule has 0 saturated heterocycles. The van der Waals surface area contributed by atoms with Gasteiger partial charge in [0.25, 0.3) is 0 Å². The molecule has 14 heavy (non-hydrogen) atoms. The number of rotatable bonds is 0. The van der Waals surface area contributed by atoms with Gasteiger partial charge in [0, 0.05) is 25.8 Å². The maximum atomic E-state index is 2.12. The molecule has 0 unspecified atom stereocenters. The van der Waals surface area contributed by atoms with E-state index < -0.39 is 0 Å². The van der Waals surface area contributed by atoms with E-state index in [1.807, 2.05) is 0 Å². The summed E-state index contributed by atoms with van der Waals surface area (Å²) >= 11 is 0. The maximum Gasteiger partial charge on any atom is 0 e. The summed E-state index contributed by atoms with van der Waals surface area (Å²) in [6, 6.07) is 14.7. The van der Waals surface area contributed by atoms with Gasteiger partial charge in [-0.3, -0.25) is 0 Å². The molecule has 0 atom stereocenters. The number of hydrogen-bond acceptors (Lipinski definition) is 0. The van der Waals surface area contributed by atoms with Crippen LogP contribution in [0.15, 0.2) is 42.5 Å². The molecule has 0 N–H and O–H groups in total. The Kier molecular flexibility index (Phi) is 20.0. The molecule has 2 aromatic carbocycles. The van der Waals surface area contributed by atoms with Crippen LogP contribution in [0.3, 0.4) is 0 Å². The minimum absolute atomic E-state index is 0. The van der Waals surface area contributed by atoms with E-state index >= 15 is 0 Å². The molecule has 0 fully saturated rings. The second-order valence-electron chi connectivity index (χ2n) is 2.15. The van der Waals surface area contributed by atoms with Gasteiger partial charge in [0.1, 0.15) is 0 Å². The SMILES string of the molecule is [CH3-].[Cl-].[Cl-].[Cl-].[Hf].c1ccc2[cH-]ccc2c1. The van der Waals surface area contributed by atoms with Gasteiger partial charge < -0.3 is 44.6 Å². The molecule has 0 nitrogen and oxygen atoms in total. The van der Waals surface area contributed by atoms with E-state index in [-0.39, 0.29) is 70.5 Å². The van der Waals surface area contributed by atoms with Crippen LogP contribution in [0, 0.1) is 7.43 Å². The van der Waals surface area contributed by atoms with Gasteiger partial charge in [0.2, 0.25) is 0 Å². The zero-order valence-electron chi connectivity index (χ0n) is 7.68. The molecule has 0 heterocycles. The van der Waals surface area contributed by atoms with Crippen LogP contribution < -0.4 is 37.2 Å². The molecule has 2 rings (SSSR count). The van der Waals surface area contributed by atoms with Gasteiger partial charge in [-0.25, -0.2) is 0 Å². The summed E-state index contributed by atoms with van der Waals surface area (Å²) in [5, 5.41) is 2.66. The maximum absolute atomic E-state index is 2.12. The second-order valence-corrected chi connectivity index (χ2v) is 2.15. The molecule has 2 aromatic rings. The number of fused-ring (bicyclic) bond motifs is 1. The minimum Gasteiger partial charge on any atom is -1.00 e. The number of halogens is 3. The van der Waals surface area contributed by atoms with Crippen molar-refractivity contribution in [2.24, 2.45) is 0 Å². The Morgan fingerprint density at radius 2 is 1.43 bits per heavy atom. The van der Waals surface area contributed by atoms with Crippen molar-refractivity contribution in [3.8, 4) is 0 Å². The van der Waals surface area contributed by atoms with Crippen LogP contribution in [-0.2, 0) is 25.8 Å². The molecule has 4 heteroatoms. The standard InChI is InChI=1S/C9H7.CH3.3ClH.Hf/c1-2-5-9-7-3-6-8(9)4-1;;;;;/h1-7H;1H3;3*1H;/q2*-1;;;;/p-3. The van der Waals surface area contributed by atoms with Crippen molar-refractivity contribution in [2.45, 2.75) is 0 Å². The van der Waals surface area contributed by atoms with E-state index in [0.29, 0.717) is 0 Å². The van der Waals surface area contributed by atoms with Crippen molar-refractivity contribution in [3.63, 3.8) is 0 Å². The fraction of sp³-hybridized carbons (Fsp3) is 0. The summed E-state index contributed by atoms with van der Waals surface area (Å²) in [6.07, 6.45) is 0. The molecular formula is C10H10Cl3Hf-5. The molecule has 0 saturated carbocycles. The molecule has 0 spiro atoms. The monoisotopic (exact) mass is 415 g/mol. The van der Waals surface area contributed by atoms with Crippen molar-refractivity contribution in [1.29, 1.82) is 0 Å². The molecule has 0 aliphatic carbocycles. The normalized spacial score (nSPS) is 6.57. The number of hydrogen-bond donors (Lipinski definition) is 0. The van der Waals surface area contributed by atoms with Crippen LogP contribution in [0.4, 0.5) is 0 Å². The molecule has 0 bridgehead atoms. The van der Waals surface area contributed by atoms with Gasteiger partial charge in [-0.05, 0) is 0 Å². The number of benzene rings is 1. The molecule has 0 aliphatic heterocycles. The Balaban J connectivity index is -0.0000001000. The molecule has 0 amide bonds. The molecule has 0 aliphatic rings. The minimum atomic E-state index is 0. The first-order chi connectivity index (χ1) is 4.47. The molecule has 0 radical (unpaired) electrons. The average Bonchev–Trinajstić information content (AvgIpc) is 2.33. The Hall–Kier alpha value is 0.570. The fourth-order valence-corrected chi connectivity index (χ4v) is 1.07. The zero-order chi connectivity index (χ0) is 6.10. The van der Waals surface area contributed by atoms with Crippen LogP contribution in [-0.4, -0.2) is 0 Å². The van der Waals surface area contributed by atoms with E-state index in [1.165, 1.54) is 10.8 Å². The van der Waals surface area contributed by atoms with E-state index in [2.05, 4.69) is 42.5 Å². The van der Waals surface area contributed by atoms with Crippen LogP contribution in [0.1, 0.15) is 0 Å². The van der Waals surface area contributed by atoms with Crippen molar-refractivity contribution in [3.05, 3.63) is 49.9 Å². The molecule has 0 aromatic heterocycles. The van der Waals surface area contributed by atoms with E-state index in [4.69, 9.17) is 0 Å². The largest absolute Gasteiger partial charge is 1.00 e. The quantitative estimate of drug-likeness (QED) is 0.297. The fourth-order valence-electron chi connectivity index (χ4n) is 1.07. The van der Waals surface area contributed by atoms with Gasteiger partial charge in [0.15, 0.2) is 0 Å². The Morgan fingerprint density at radius 1 is 0.857 bits per heavy atom. The smallest absolute Gasteiger partial charge is 0 e. The summed E-state index contributed by atoms with van der Waals surface area (Å²) in [7, 11) is 0. The average molecular weight is 415 g/mol. The van der Waals surface area contributed by atoms with E-state index in [9.17, 15) is 0 Å². The first kappa shape index (κ1) is 24.0. The van der Waals surface area contributed by atoms with E-state index in [1.54, 1.807) is 0 Å². The van der Waals surface area contributed by atoms with Gasteiger partial charge >= 0.3 is 0 Å². The summed E-state index contributed by atoms with van der Waals surface area (Å²) in [4.78, 5) is 0. The summed E-state index contributed by atoms with van der Waals surface area (Å²) in [6.45, 7) is 0. The Morgan fingerprint density at radius 3 is 2.00 bits per heavy atom. The zero-order valence-corrected chi connectivity index (χ0v) is 13.5. The van der Waals surface area contributed by atoms with Crippen LogP contribution in [0.5, 0.6) is 0 Å². The second kappa shape index (κ2) is 11.6. The summed E-state index contributed by atoms with van der Waals surface area (Å²) < 4.78 is 0. The molecule has 80 valence electrons. The van der Waals surface area contributed by atoms with Crippen LogP contribution in [0.2, 0.25) is 0 Å². The third kappa shape index (κ3) is 5.45. The predicted molar refractivity (Wildman–Crippen MR) is 46.0 cm³/mol. The summed E-state index contributed by atoms with van der Waals surface area (Å²) in [5.41, 5.74) is 0. The van der Waals surface area contributed by atoms with Gasteiger partial charge in [-0.1, -0.05) is 6.07 Å². The van der Waals surface area contributed by atoms with E-state index in [0.717, 1.165) is 0 Å². The van der Waals surface area contributed by atoms with Crippen molar-refractivity contribution in [2.75, 3.05) is 0 Å². The summed E-state index contributed by atoms with van der Waals surface area (Å²) in [5.74, 6) is 0. The van der Waals surface area contributed by atoms with Gasteiger partial charge in [0.05, 0.1) is 0 Å². The van der Waals surface area contributed by atoms with Crippen LogP contribution >= 0.6 is 0 Å². The third-order valence-corrected chi connectivity index (χ3v) is 1.55. The first-order valence-corrected chi connectivity index (χ1v) is 3.07.